The van der Waals surface area contributed by atoms with Crippen LogP contribution < -0.4 is 9.47 Å². The van der Waals surface area contributed by atoms with Crippen LogP contribution in [0.25, 0.3) is 0 Å². The molecule has 0 fully saturated rings. The van der Waals surface area contributed by atoms with Crippen LogP contribution in [0.15, 0.2) is 18.2 Å². The third kappa shape index (κ3) is 4.81. The van der Waals surface area contributed by atoms with Crippen LogP contribution in [0.5, 0.6) is 11.5 Å². The third-order valence-corrected chi connectivity index (χ3v) is 2.18. The third-order valence-electron chi connectivity index (χ3n) is 2.18. The van der Waals surface area contributed by atoms with E-state index in [4.69, 9.17) is 14.2 Å². The molecule has 19 heavy (non-hydrogen) atoms. The largest absolute Gasteiger partial charge is 0.490 e. The molecule has 0 spiro atoms. The van der Waals surface area contributed by atoms with E-state index in [2.05, 4.69) is 0 Å². The molecule has 0 atom stereocenters. The molecule has 1 aromatic carbocycles. The molecule has 0 saturated heterocycles. The van der Waals surface area contributed by atoms with E-state index in [1.807, 2.05) is 34.6 Å². The van der Waals surface area contributed by atoms with Crippen LogP contribution in [0, 0.1) is 0 Å². The van der Waals surface area contributed by atoms with Crippen LogP contribution in [-0.2, 0) is 4.74 Å². The number of hydrogen-bond donors (Lipinski definition) is 0. The molecule has 4 heteroatoms. The summed E-state index contributed by atoms with van der Waals surface area (Å²) in [6.07, 6.45) is -0.0951. The molecule has 0 aromatic heterocycles. The lowest BCUT2D eigenvalue weighted by atomic mass is 10.2. The fraction of sp³-hybridized carbons (Fsp3) is 0.533. The molecule has 0 N–H and O–H groups in total. The Bertz CT molecular complexity index is 424. The van der Waals surface area contributed by atoms with Crippen LogP contribution in [0.2, 0.25) is 0 Å². The zero-order valence-corrected chi connectivity index (χ0v) is 12.2. The Hall–Kier alpha value is -1.71. The second-order valence-electron chi connectivity index (χ2n) is 4.72. The molecule has 0 radical (unpaired) electrons. The van der Waals surface area contributed by atoms with Gasteiger partial charge in [0.05, 0.1) is 24.4 Å². The van der Waals surface area contributed by atoms with E-state index in [9.17, 15) is 4.79 Å². The predicted molar refractivity (Wildman–Crippen MR) is 73.9 cm³/mol. The SMILES string of the molecule is CCOc1cc(C(=O)OC(C)C)ccc1OC(C)C. The average molecular weight is 266 g/mol. The summed E-state index contributed by atoms with van der Waals surface area (Å²) >= 11 is 0. The lowest BCUT2D eigenvalue weighted by Gasteiger charge is -2.15. The van der Waals surface area contributed by atoms with E-state index in [0.29, 0.717) is 23.7 Å². The van der Waals surface area contributed by atoms with Crippen molar-refractivity contribution >= 4 is 5.97 Å². The van der Waals surface area contributed by atoms with Crippen molar-refractivity contribution in [2.45, 2.75) is 46.8 Å². The van der Waals surface area contributed by atoms with Gasteiger partial charge in [0.2, 0.25) is 0 Å². The molecule has 0 amide bonds. The van der Waals surface area contributed by atoms with Crippen LogP contribution in [0.1, 0.15) is 45.0 Å². The summed E-state index contributed by atoms with van der Waals surface area (Å²) in [7, 11) is 0. The normalized spacial score (nSPS) is 10.7. The van der Waals surface area contributed by atoms with E-state index in [1.165, 1.54) is 0 Å². The smallest absolute Gasteiger partial charge is 0.338 e. The first-order valence-electron chi connectivity index (χ1n) is 6.58. The minimum atomic E-state index is -0.355. The topological polar surface area (TPSA) is 44.8 Å². The molecule has 1 aromatic rings. The van der Waals surface area contributed by atoms with Crippen molar-refractivity contribution in [2.75, 3.05) is 6.61 Å². The lowest BCUT2D eigenvalue weighted by molar-refractivity contribution is 0.0377. The Morgan fingerprint density at radius 2 is 1.79 bits per heavy atom. The van der Waals surface area contributed by atoms with E-state index < -0.39 is 0 Å². The van der Waals surface area contributed by atoms with Crippen molar-refractivity contribution in [1.29, 1.82) is 0 Å². The zero-order chi connectivity index (χ0) is 14.4. The van der Waals surface area contributed by atoms with Gasteiger partial charge in [-0.3, -0.25) is 0 Å². The summed E-state index contributed by atoms with van der Waals surface area (Å²) in [5, 5.41) is 0. The quantitative estimate of drug-likeness (QED) is 0.740. The van der Waals surface area contributed by atoms with Gasteiger partial charge in [-0.05, 0) is 52.8 Å². The molecule has 0 heterocycles. The maximum Gasteiger partial charge on any atom is 0.338 e. The number of rotatable bonds is 6. The number of benzene rings is 1. The van der Waals surface area contributed by atoms with Crippen LogP contribution in [0.4, 0.5) is 0 Å². The first-order valence-corrected chi connectivity index (χ1v) is 6.58. The summed E-state index contributed by atoms with van der Waals surface area (Å²) in [5.41, 5.74) is 0.466. The first kappa shape index (κ1) is 15.3. The van der Waals surface area contributed by atoms with Crippen molar-refractivity contribution in [3.05, 3.63) is 23.8 Å². The second-order valence-corrected chi connectivity index (χ2v) is 4.72. The number of carbonyl (C=O) groups excluding carboxylic acids is 1. The average Bonchev–Trinajstić information content (AvgIpc) is 2.30. The molecule has 0 aliphatic carbocycles. The molecule has 0 unspecified atom stereocenters. The highest BCUT2D eigenvalue weighted by molar-refractivity contribution is 5.90. The Labute approximate surface area is 114 Å². The summed E-state index contributed by atoms with van der Waals surface area (Å²) in [5.74, 6) is 0.847. The summed E-state index contributed by atoms with van der Waals surface area (Å²) in [6.45, 7) is 9.91. The maximum atomic E-state index is 11.8. The highest BCUT2D eigenvalue weighted by Crippen LogP contribution is 2.29. The molecule has 0 aliphatic heterocycles. The van der Waals surface area contributed by atoms with E-state index in [0.717, 1.165) is 0 Å². The number of esters is 1. The van der Waals surface area contributed by atoms with E-state index in [1.54, 1.807) is 18.2 Å². The fourth-order valence-corrected chi connectivity index (χ4v) is 1.54. The van der Waals surface area contributed by atoms with Crippen molar-refractivity contribution in [1.82, 2.24) is 0 Å². The van der Waals surface area contributed by atoms with Gasteiger partial charge in [0.1, 0.15) is 0 Å². The monoisotopic (exact) mass is 266 g/mol. The molecule has 0 saturated carbocycles. The van der Waals surface area contributed by atoms with Crippen molar-refractivity contribution in [3.8, 4) is 11.5 Å². The molecule has 0 bridgehead atoms. The van der Waals surface area contributed by atoms with Crippen LogP contribution in [-0.4, -0.2) is 24.8 Å². The minimum Gasteiger partial charge on any atom is -0.490 e. The van der Waals surface area contributed by atoms with Gasteiger partial charge in [-0.25, -0.2) is 4.79 Å². The standard InChI is InChI=1S/C15H22O4/c1-6-17-14-9-12(15(16)19-11(4)5)7-8-13(14)18-10(2)3/h7-11H,6H2,1-5H3. The van der Waals surface area contributed by atoms with Crippen molar-refractivity contribution in [3.63, 3.8) is 0 Å². The van der Waals surface area contributed by atoms with Crippen LogP contribution >= 0.6 is 0 Å². The maximum absolute atomic E-state index is 11.8. The Morgan fingerprint density at radius 1 is 1.11 bits per heavy atom. The summed E-state index contributed by atoms with van der Waals surface area (Å²) in [4.78, 5) is 11.8. The second kappa shape index (κ2) is 7.02. The van der Waals surface area contributed by atoms with Gasteiger partial charge in [-0.15, -0.1) is 0 Å². The van der Waals surface area contributed by atoms with Gasteiger partial charge in [0.15, 0.2) is 11.5 Å². The van der Waals surface area contributed by atoms with Gasteiger partial charge in [0, 0.05) is 0 Å². The van der Waals surface area contributed by atoms with E-state index in [-0.39, 0.29) is 18.2 Å². The minimum absolute atomic E-state index is 0.0488. The molecule has 4 nitrogen and oxygen atoms in total. The van der Waals surface area contributed by atoms with Crippen LogP contribution in [0.3, 0.4) is 0 Å². The molecular formula is C15H22O4. The molecule has 1 rings (SSSR count). The highest BCUT2D eigenvalue weighted by Gasteiger charge is 2.14. The summed E-state index contributed by atoms with van der Waals surface area (Å²) < 4.78 is 16.3. The Balaban J connectivity index is 2.97. The number of ether oxygens (including phenoxy) is 3. The van der Waals surface area contributed by atoms with Gasteiger partial charge in [-0.1, -0.05) is 0 Å². The summed E-state index contributed by atoms with van der Waals surface area (Å²) in [6, 6.07) is 5.08. The van der Waals surface area contributed by atoms with Gasteiger partial charge < -0.3 is 14.2 Å². The van der Waals surface area contributed by atoms with E-state index >= 15 is 0 Å². The van der Waals surface area contributed by atoms with Crippen molar-refractivity contribution in [2.24, 2.45) is 0 Å². The Kier molecular flexibility index (Phi) is 5.67. The van der Waals surface area contributed by atoms with Gasteiger partial charge in [0.25, 0.3) is 0 Å². The zero-order valence-electron chi connectivity index (χ0n) is 12.2. The molecule has 106 valence electrons. The first-order chi connectivity index (χ1) is 8.93. The van der Waals surface area contributed by atoms with Gasteiger partial charge in [-0.2, -0.15) is 0 Å². The molecular weight excluding hydrogens is 244 g/mol. The lowest BCUT2D eigenvalue weighted by Crippen LogP contribution is -2.12. The number of hydrogen-bond acceptors (Lipinski definition) is 4. The Morgan fingerprint density at radius 3 is 2.32 bits per heavy atom. The fourth-order valence-electron chi connectivity index (χ4n) is 1.54. The molecule has 0 aliphatic rings. The van der Waals surface area contributed by atoms with Crippen molar-refractivity contribution < 1.29 is 19.0 Å². The predicted octanol–water partition coefficient (Wildman–Crippen LogP) is 3.44. The number of carbonyl (C=O) groups is 1. The van der Waals surface area contributed by atoms with Gasteiger partial charge >= 0.3 is 5.97 Å². The highest BCUT2D eigenvalue weighted by atomic mass is 16.5.